The summed E-state index contributed by atoms with van der Waals surface area (Å²) in [5.41, 5.74) is 2.49. The second-order valence-electron chi connectivity index (χ2n) is 5.10. The molecular formula is C18H33NO. The van der Waals surface area contributed by atoms with E-state index in [2.05, 4.69) is 57.7 Å². The molecule has 0 aliphatic heterocycles. The van der Waals surface area contributed by atoms with E-state index in [1.165, 1.54) is 24.1 Å². The molecule has 0 aliphatic carbocycles. The van der Waals surface area contributed by atoms with Crippen molar-refractivity contribution in [3.63, 3.8) is 0 Å². The average molecular weight is 279 g/mol. The summed E-state index contributed by atoms with van der Waals surface area (Å²) in [7, 11) is 0. The van der Waals surface area contributed by atoms with Crippen molar-refractivity contribution in [2.45, 2.75) is 67.4 Å². The van der Waals surface area contributed by atoms with E-state index >= 15 is 0 Å². The van der Waals surface area contributed by atoms with E-state index in [1.807, 2.05) is 13.8 Å². The molecule has 0 N–H and O–H groups in total. The zero-order chi connectivity index (χ0) is 15.5. The third-order valence-electron chi connectivity index (χ3n) is 2.89. The molecule has 2 nitrogen and oxygen atoms in total. The van der Waals surface area contributed by atoms with Gasteiger partial charge in [-0.1, -0.05) is 33.8 Å². The van der Waals surface area contributed by atoms with Gasteiger partial charge in [0.15, 0.2) is 0 Å². The van der Waals surface area contributed by atoms with Gasteiger partial charge in [-0.25, -0.2) is 0 Å². The molecule has 0 unspecified atom stereocenters. The Labute approximate surface area is 126 Å². The highest BCUT2D eigenvalue weighted by molar-refractivity contribution is 5.53. The molecule has 20 heavy (non-hydrogen) atoms. The minimum Gasteiger partial charge on any atom is -0.491 e. The number of rotatable bonds is 7. The van der Waals surface area contributed by atoms with Gasteiger partial charge in [-0.15, -0.1) is 0 Å². The second-order valence-corrected chi connectivity index (χ2v) is 5.10. The molecular weight excluding hydrogens is 246 g/mol. The summed E-state index contributed by atoms with van der Waals surface area (Å²) in [6.45, 7) is 16.9. The number of hydrogen-bond acceptors (Lipinski definition) is 2. The molecule has 0 amide bonds. The maximum atomic E-state index is 5.87. The molecule has 0 fully saturated rings. The van der Waals surface area contributed by atoms with E-state index in [0.29, 0.717) is 0 Å². The standard InChI is InChI=1S/C16H27NO.C2H6/c1-6-10-17(11-7-2)15-9-8-14(5)16(12-15)18-13(3)4;1-2/h8-9,12-13H,6-7,10-11H2,1-5H3;1-2H3. The van der Waals surface area contributed by atoms with Gasteiger partial charge in [-0.3, -0.25) is 0 Å². The third-order valence-corrected chi connectivity index (χ3v) is 2.89. The minimum atomic E-state index is 0.227. The van der Waals surface area contributed by atoms with Gasteiger partial charge >= 0.3 is 0 Å². The SMILES string of the molecule is CC.CCCN(CCC)c1ccc(C)c(OC(C)C)c1. The number of benzene rings is 1. The molecule has 0 aliphatic rings. The third kappa shape index (κ3) is 6.31. The molecule has 116 valence electrons. The molecule has 0 atom stereocenters. The first-order chi connectivity index (χ1) is 9.58. The summed E-state index contributed by atoms with van der Waals surface area (Å²) in [5.74, 6) is 1.01. The Hall–Kier alpha value is -1.18. The summed E-state index contributed by atoms with van der Waals surface area (Å²) < 4.78 is 5.87. The molecule has 0 bridgehead atoms. The van der Waals surface area contributed by atoms with E-state index in [9.17, 15) is 0 Å². The van der Waals surface area contributed by atoms with Crippen LogP contribution < -0.4 is 9.64 Å². The zero-order valence-electron chi connectivity index (χ0n) is 14.5. The topological polar surface area (TPSA) is 12.5 Å². The summed E-state index contributed by atoms with van der Waals surface area (Å²) in [6, 6.07) is 6.54. The number of nitrogens with zero attached hydrogens (tertiary/aromatic N) is 1. The monoisotopic (exact) mass is 279 g/mol. The van der Waals surface area contributed by atoms with E-state index in [-0.39, 0.29) is 6.10 Å². The van der Waals surface area contributed by atoms with Crippen LogP contribution in [0, 0.1) is 6.92 Å². The fraction of sp³-hybridized carbons (Fsp3) is 0.667. The van der Waals surface area contributed by atoms with Gasteiger partial charge in [-0.05, 0) is 45.2 Å². The van der Waals surface area contributed by atoms with Crippen molar-refractivity contribution >= 4 is 5.69 Å². The first-order valence-corrected chi connectivity index (χ1v) is 8.10. The van der Waals surface area contributed by atoms with Crippen LogP contribution in [-0.2, 0) is 0 Å². The Morgan fingerprint density at radius 1 is 1.05 bits per heavy atom. The Bertz CT molecular complexity index is 354. The van der Waals surface area contributed by atoms with Gasteiger partial charge < -0.3 is 9.64 Å². The maximum Gasteiger partial charge on any atom is 0.124 e. The Morgan fingerprint density at radius 2 is 1.60 bits per heavy atom. The zero-order valence-corrected chi connectivity index (χ0v) is 14.5. The molecule has 0 saturated carbocycles. The molecule has 0 radical (unpaired) electrons. The lowest BCUT2D eigenvalue weighted by Crippen LogP contribution is -2.24. The highest BCUT2D eigenvalue weighted by Crippen LogP contribution is 2.26. The van der Waals surface area contributed by atoms with E-state index in [4.69, 9.17) is 4.74 Å². The lowest BCUT2D eigenvalue weighted by Gasteiger charge is -2.25. The van der Waals surface area contributed by atoms with Crippen LogP contribution in [0.3, 0.4) is 0 Å². The number of anilines is 1. The molecule has 1 aromatic carbocycles. The molecule has 0 spiro atoms. The fourth-order valence-corrected chi connectivity index (χ4v) is 2.08. The van der Waals surface area contributed by atoms with Gasteiger partial charge in [-0.2, -0.15) is 0 Å². The number of aryl methyl sites for hydroxylation is 1. The largest absolute Gasteiger partial charge is 0.491 e. The maximum absolute atomic E-state index is 5.87. The average Bonchev–Trinajstić information content (AvgIpc) is 2.43. The van der Waals surface area contributed by atoms with Crippen LogP contribution in [0.5, 0.6) is 5.75 Å². The lowest BCUT2D eigenvalue weighted by molar-refractivity contribution is 0.241. The van der Waals surface area contributed by atoms with E-state index < -0.39 is 0 Å². The van der Waals surface area contributed by atoms with Gasteiger partial charge in [0.1, 0.15) is 5.75 Å². The van der Waals surface area contributed by atoms with Crippen LogP contribution >= 0.6 is 0 Å². The summed E-state index contributed by atoms with van der Waals surface area (Å²) in [4.78, 5) is 2.44. The molecule has 0 saturated heterocycles. The molecule has 1 aromatic rings. The number of ether oxygens (including phenoxy) is 1. The van der Waals surface area contributed by atoms with E-state index in [1.54, 1.807) is 0 Å². The van der Waals surface area contributed by atoms with Crippen LogP contribution in [0.15, 0.2) is 18.2 Å². The van der Waals surface area contributed by atoms with Crippen LogP contribution in [0.25, 0.3) is 0 Å². The van der Waals surface area contributed by atoms with E-state index in [0.717, 1.165) is 18.8 Å². The van der Waals surface area contributed by atoms with Gasteiger partial charge in [0.2, 0.25) is 0 Å². The Balaban J connectivity index is 0.00000172. The van der Waals surface area contributed by atoms with Crippen molar-refractivity contribution in [2.24, 2.45) is 0 Å². The van der Waals surface area contributed by atoms with Crippen molar-refractivity contribution in [3.8, 4) is 5.75 Å². The first-order valence-electron chi connectivity index (χ1n) is 8.10. The van der Waals surface area contributed by atoms with Gasteiger partial charge in [0.05, 0.1) is 6.10 Å². The highest BCUT2D eigenvalue weighted by atomic mass is 16.5. The summed E-state index contributed by atoms with van der Waals surface area (Å²) in [5, 5.41) is 0. The smallest absolute Gasteiger partial charge is 0.124 e. The fourth-order valence-electron chi connectivity index (χ4n) is 2.08. The number of hydrogen-bond donors (Lipinski definition) is 0. The minimum absolute atomic E-state index is 0.227. The predicted molar refractivity (Wildman–Crippen MR) is 91.1 cm³/mol. The second kappa shape index (κ2) is 10.6. The van der Waals surface area contributed by atoms with Crippen molar-refractivity contribution in [1.82, 2.24) is 0 Å². The van der Waals surface area contributed by atoms with Crippen LogP contribution in [0.1, 0.15) is 59.9 Å². The van der Waals surface area contributed by atoms with Gasteiger partial charge in [0, 0.05) is 24.8 Å². The quantitative estimate of drug-likeness (QED) is 0.659. The Morgan fingerprint density at radius 3 is 2.05 bits per heavy atom. The predicted octanol–water partition coefficient (Wildman–Crippen LogP) is 5.43. The van der Waals surface area contributed by atoms with Crippen molar-refractivity contribution in [1.29, 1.82) is 0 Å². The van der Waals surface area contributed by atoms with Gasteiger partial charge in [0.25, 0.3) is 0 Å². The molecule has 0 heterocycles. The molecule has 1 rings (SSSR count). The van der Waals surface area contributed by atoms with Crippen molar-refractivity contribution < 1.29 is 4.74 Å². The Kier molecular flexibility index (Phi) is 9.96. The van der Waals surface area contributed by atoms with Crippen molar-refractivity contribution in [2.75, 3.05) is 18.0 Å². The van der Waals surface area contributed by atoms with Crippen LogP contribution in [0.2, 0.25) is 0 Å². The normalized spacial score (nSPS) is 10.0. The van der Waals surface area contributed by atoms with Crippen LogP contribution in [-0.4, -0.2) is 19.2 Å². The lowest BCUT2D eigenvalue weighted by atomic mass is 10.1. The molecule has 2 heteroatoms. The summed E-state index contributed by atoms with van der Waals surface area (Å²) in [6.07, 6.45) is 2.58. The van der Waals surface area contributed by atoms with Crippen molar-refractivity contribution in [3.05, 3.63) is 23.8 Å². The first kappa shape index (κ1) is 18.8. The molecule has 0 aromatic heterocycles. The summed E-state index contributed by atoms with van der Waals surface area (Å²) >= 11 is 0. The van der Waals surface area contributed by atoms with Crippen LogP contribution in [0.4, 0.5) is 5.69 Å². The highest BCUT2D eigenvalue weighted by Gasteiger charge is 2.08.